The summed E-state index contributed by atoms with van der Waals surface area (Å²) in [5, 5.41) is 13.6. The van der Waals surface area contributed by atoms with E-state index in [-0.39, 0.29) is 18.0 Å². The molecule has 27 heavy (non-hydrogen) atoms. The van der Waals surface area contributed by atoms with E-state index in [1.165, 1.54) is 11.3 Å². The molecule has 3 aromatic rings. The highest BCUT2D eigenvalue weighted by atomic mass is 32.1. The highest BCUT2D eigenvalue weighted by molar-refractivity contribution is 7.17. The smallest absolute Gasteiger partial charge is 0.268 e. The van der Waals surface area contributed by atoms with Crippen LogP contribution in [0, 0.1) is 11.3 Å². The molecule has 3 rings (SSSR count). The van der Waals surface area contributed by atoms with Crippen molar-refractivity contribution in [3.05, 3.63) is 57.5 Å². The quantitative estimate of drug-likeness (QED) is 0.655. The van der Waals surface area contributed by atoms with Crippen LogP contribution in [0.3, 0.4) is 0 Å². The van der Waals surface area contributed by atoms with E-state index in [0.29, 0.717) is 40.4 Å². The summed E-state index contributed by atoms with van der Waals surface area (Å²) < 4.78 is 0.607. The zero-order chi connectivity index (χ0) is 19.2. The number of nitrogens with zero attached hydrogens (tertiary/aromatic N) is 3. The molecule has 8 heteroatoms. The van der Waals surface area contributed by atoms with E-state index in [1.54, 1.807) is 24.3 Å². The third-order valence-electron chi connectivity index (χ3n) is 3.92. The summed E-state index contributed by atoms with van der Waals surface area (Å²) in [5.41, 5.74) is 1.60. The predicted octanol–water partition coefficient (Wildman–Crippen LogP) is 2.71. The van der Waals surface area contributed by atoms with Crippen LogP contribution >= 0.6 is 11.3 Å². The summed E-state index contributed by atoms with van der Waals surface area (Å²) in [6.45, 7) is 3.26. The second kappa shape index (κ2) is 8.58. The Hall–Kier alpha value is -3.02. The molecule has 0 atom stereocenters. The number of nitrogens with one attached hydrogen (secondary N) is 2. The first-order chi connectivity index (χ1) is 13.1. The van der Waals surface area contributed by atoms with Crippen LogP contribution in [-0.2, 0) is 11.3 Å². The van der Waals surface area contributed by atoms with Gasteiger partial charge in [0.1, 0.15) is 10.5 Å². The van der Waals surface area contributed by atoms with Crippen molar-refractivity contribution in [1.82, 2.24) is 14.9 Å². The van der Waals surface area contributed by atoms with Gasteiger partial charge >= 0.3 is 0 Å². The Kier molecular flexibility index (Phi) is 5.96. The number of hydrogen-bond donors (Lipinski definition) is 2. The molecular formula is C19H19N5O2S. The summed E-state index contributed by atoms with van der Waals surface area (Å²) in [4.78, 5) is 33.7. The number of thiophene rings is 1. The molecule has 7 nitrogen and oxygen atoms in total. The minimum Gasteiger partial charge on any atom is -0.325 e. The zero-order valence-electron chi connectivity index (χ0n) is 14.9. The van der Waals surface area contributed by atoms with Crippen molar-refractivity contribution < 1.29 is 4.79 Å². The molecular weight excluding hydrogens is 362 g/mol. The second-order valence-electron chi connectivity index (χ2n) is 6.10. The molecule has 0 aliphatic carbocycles. The average molecular weight is 381 g/mol. The molecule has 0 aliphatic rings. The maximum absolute atomic E-state index is 12.4. The lowest BCUT2D eigenvalue weighted by molar-refractivity contribution is -0.117. The van der Waals surface area contributed by atoms with E-state index in [2.05, 4.69) is 15.3 Å². The fraction of sp³-hybridized carbons (Fsp3) is 0.263. The van der Waals surface area contributed by atoms with Crippen LogP contribution in [0.1, 0.15) is 24.7 Å². The van der Waals surface area contributed by atoms with Gasteiger partial charge < -0.3 is 10.3 Å². The van der Waals surface area contributed by atoms with Crippen molar-refractivity contribution in [3.8, 4) is 6.07 Å². The van der Waals surface area contributed by atoms with E-state index in [4.69, 9.17) is 5.26 Å². The van der Waals surface area contributed by atoms with Crippen molar-refractivity contribution in [1.29, 1.82) is 5.26 Å². The first-order valence-corrected chi connectivity index (χ1v) is 9.45. The van der Waals surface area contributed by atoms with E-state index in [1.807, 2.05) is 29.3 Å². The fourth-order valence-electron chi connectivity index (χ4n) is 2.81. The minimum absolute atomic E-state index is 0.154. The Morgan fingerprint density at radius 1 is 1.41 bits per heavy atom. The number of aromatic amines is 1. The lowest BCUT2D eigenvalue weighted by Gasteiger charge is -2.20. The van der Waals surface area contributed by atoms with Crippen LogP contribution in [0.15, 0.2) is 40.5 Å². The number of fused-ring (bicyclic) bond motifs is 1. The van der Waals surface area contributed by atoms with Gasteiger partial charge in [-0.3, -0.25) is 14.5 Å². The number of amides is 1. The summed E-state index contributed by atoms with van der Waals surface area (Å²) in [5.74, 6) is 0.358. The molecule has 0 spiro atoms. The molecule has 2 N–H and O–H groups in total. The normalized spacial score (nSPS) is 10.9. The molecule has 0 saturated carbocycles. The van der Waals surface area contributed by atoms with Crippen LogP contribution in [0.2, 0.25) is 0 Å². The van der Waals surface area contributed by atoms with Crippen molar-refractivity contribution in [2.75, 3.05) is 18.4 Å². The Morgan fingerprint density at radius 2 is 2.26 bits per heavy atom. The third-order valence-corrected chi connectivity index (χ3v) is 4.82. The molecule has 1 amide bonds. The van der Waals surface area contributed by atoms with Gasteiger partial charge in [0.25, 0.3) is 5.56 Å². The number of benzene rings is 1. The maximum atomic E-state index is 12.4. The molecule has 1 aromatic carbocycles. The molecule has 0 unspecified atom stereocenters. The van der Waals surface area contributed by atoms with E-state index in [9.17, 15) is 9.59 Å². The summed E-state index contributed by atoms with van der Waals surface area (Å²) in [7, 11) is 0. The number of carbonyl (C=O) groups is 1. The van der Waals surface area contributed by atoms with Crippen molar-refractivity contribution in [3.63, 3.8) is 0 Å². The number of carbonyl (C=O) groups excluding carboxylic acids is 1. The first-order valence-electron chi connectivity index (χ1n) is 8.58. The van der Waals surface area contributed by atoms with Crippen LogP contribution in [0.4, 0.5) is 5.69 Å². The predicted molar refractivity (Wildman–Crippen MR) is 106 cm³/mol. The molecule has 2 aromatic heterocycles. The zero-order valence-corrected chi connectivity index (χ0v) is 15.7. The van der Waals surface area contributed by atoms with Gasteiger partial charge in [-0.25, -0.2) is 4.98 Å². The van der Waals surface area contributed by atoms with E-state index >= 15 is 0 Å². The molecule has 0 bridgehead atoms. The summed E-state index contributed by atoms with van der Waals surface area (Å²) in [6.07, 6.45) is 0.863. The number of H-pyrrole nitrogens is 1. The highest BCUT2D eigenvalue weighted by Crippen LogP contribution is 2.14. The SMILES string of the molecule is CCCN(CC(=O)Nc1cccc(C#N)c1)Cc1nc2ccsc2c(=O)[nH]1. The number of rotatable bonds is 7. The van der Waals surface area contributed by atoms with Crippen molar-refractivity contribution in [2.45, 2.75) is 19.9 Å². The lowest BCUT2D eigenvalue weighted by atomic mass is 10.2. The van der Waals surface area contributed by atoms with Gasteiger partial charge in [-0.05, 0) is 42.6 Å². The van der Waals surface area contributed by atoms with Crippen molar-refractivity contribution >= 4 is 33.1 Å². The Labute approximate surface area is 160 Å². The highest BCUT2D eigenvalue weighted by Gasteiger charge is 2.14. The number of anilines is 1. The Morgan fingerprint density at radius 3 is 3.04 bits per heavy atom. The number of hydrogen-bond acceptors (Lipinski definition) is 6. The molecule has 0 radical (unpaired) electrons. The Balaban J connectivity index is 1.69. The fourth-order valence-corrected chi connectivity index (χ4v) is 3.53. The largest absolute Gasteiger partial charge is 0.325 e. The van der Waals surface area contributed by atoms with Crippen LogP contribution in [0.25, 0.3) is 10.2 Å². The van der Waals surface area contributed by atoms with E-state index < -0.39 is 0 Å². The molecule has 0 saturated heterocycles. The molecule has 0 fully saturated rings. The van der Waals surface area contributed by atoms with Crippen LogP contribution in [-0.4, -0.2) is 33.9 Å². The standard InChI is InChI=1S/C19H19N5O2S/c1-2-7-24(11-16-22-15-6-8-27-18(15)19(26)23-16)12-17(25)21-14-5-3-4-13(9-14)10-20/h3-6,8-9H,2,7,11-12H2,1H3,(H,21,25)(H,22,23,26). The molecule has 138 valence electrons. The average Bonchev–Trinajstić information content (AvgIpc) is 3.11. The van der Waals surface area contributed by atoms with Crippen LogP contribution < -0.4 is 10.9 Å². The summed E-state index contributed by atoms with van der Waals surface area (Å²) >= 11 is 1.36. The molecule has 0 aliphatic heterocycles. The summed E-state index contributed by atoms with van der Waals surface area (Å²) in [6, 6.07) is 10.6. The van der Waals surface area contributed by atoms with Crippen molar-refractivity contribution in [2.24, 2.45) is 0 Å². The monoisotopic (exact) mass is 381 g/mol. The van der Waals surface area contributed by atoms with Gasteiger partial charge in [-0.15, -0.1) is 11.3 Å². The Bertz CT molecular complexity index is 1050. The van der Waals surface area contributed by atoms with Gasteiger partial charge in [0.15, 0.2) is 0 Å². The number of aromatic nitrogens is 2. The third kappa shape index (κ3) is 4.78. The van der Waals surface area contributed by atoms with Gasteiger partial charge in [0.2, 0.25) is 5.91 Å². The minimum atomic E-state index is -0.183. The first kappa shape index (κ1) is 18.8. The van der Waals surface area contributed by atoms with E-state index in [0.717, 1.165) is 6.42 Å². The number of nitriles is 1. The van der Waals surface area contributed by atoms with Gasteiger partial charge in [0, 0.05) is 5.69 Å². The second-order valence-corrected chi connectivity index (χ2v) is 7.02. The topological polar surface area (TPSA) is 102 Å². The van der Waals surface area contributed by atoms with Gasteiger partial charge in [-0.2, -0.15) is 5.26 Å². The van der Waals surface area contributed by atoms with Crippen LogP contribution in [0.5, 0.6) is 0 Å². The maximum Gasteiger partial charge on any atom is 0.268 e. The lowest BCUT2D eigenvalue weighted by Crippen LogP contribution is -2.34. The van der Waals surface area contributed by atoms with Gasteiger partial charge in [0.05, 0.1) is 30.2 Å². The van der Waals surface area contributed by atoms with Gasteiger partial charge in [-0.1, -0.05) is 13.0 Å². The molecule has 2 heterocycles.